The van der Waals surface area contributed by atoms with E-state index in [-0.39, 0.29) is 5.41 Å². The number of benzene rings is 9. The third kappa shape index (κ3) is 4.32. The first-order valence-corrected chi connectivity index (χ1v) is 21.0. The number of hydrogen-bond acceptors (Lipinski definition) is 2. The molecular weight excluding hydrogens is 727 g/mol. The molecule has 0 bridgehead atoms. The van der Waals surface area contributed by atoms with Crippen molar-refractivity contribution in [3.8, 4) is 44.5 Å². The van der Waals surface area contributed by atoms with Gasteiger partial charge in [0.25, 0.3) is 0 Å². The van der Waals surface area contributed by atoms with Crippen molar-refractivity contribution < 1.29 is 4.42 Å². The summed E-state index contributed by atoms with van der Waals surface area (Å²) in [6.07, 6.45) is 0. The number of hydrogen-bond donors (Lipinski definition) is 0. The van der Waals surface area contributed by atoms with Crippen molar-refractivity contribution in [2.75, 3.05) is 4.90 Å². The molecule has 9 aromatic carbocycles. The minimum absolute atomic E-state index is 0.203. The Morgan fingerprint density at radius 3 is 1.62 bits per heavy atom. The second-order valence-electron chi connectivity index (χ2n) is 17.2. The highest BCUT2D eigenvalue weighted by Crippen LogP contribution is 2.64. The van der Waals surface area contributed by atoms with Crippen LogP contribution in [0.25, 0.3) is 66.4 Å². The van der Waals surface area contributed by atoms with Crippen molar-refractivity contribution >= 4 is 39.0 Å². The first-order valence-electron chi connectivity index (χ1n) is 21.0. The van der Waals surface area contributed by atoms with Crippen LogP contribution in [0, 0.1) is 0 Å². The Morgan fingerprint density at radius 2 is 0.900 bits per heavy atom. The molecule has 0 amide bonds. The Morgan fingerprint density at radius 1 is 0.367 bits per heavy atom. The maximum atomic E-state index is 6.78. The van der Waals surface area contributed by atoms with Crippen LogP contribution in [0.15, 0.2) is 205 Å². The van der Waals surface area contributed by atoms with Gasteiger partial charge >= 0.3 is 0 Å². The quantitative estimate of drug-likeness (QED) is 0.177. The Balaban J connectivity index is 0.970. The van der Waals surface area contributed by atoms with Gasteiger partial charge < -0.3 is 9.32 Å². The molecule has 2 heteroatoms. The lowest BCUT2D eigenvalue weighted by Gasteiger charge is -2.30. The molecule has 0 aliphatic heterocycles. The fourth-order valence-corrected chi connectivity index (χ4v) is 11.2. The van der Waals surface area contributed by atoms with E-state index in [1.807, 2.05) is 0 Å². The number of nitrogens with zero attached hydrogens (tertiary/aromatic N) is 1. The lowest BCUT2D eigenvalue weighted by atomic mass is 9.70. The third-order valence-corrected chi connectivity index (χ3v) is 13.9. The molecule has 1 spiro atoms. The van der Waals surface area contributed by atoms with Gasteiger partial charge in [-0.15, -0.1) is 0 Å². The van der Waals surface area contributed by atoms with E-state index in [9.17, 15) is 0 Å². The molecule has 1 heterocycles. The van der Waals surface area contributed by atoms with Crippen LogP contribution in [0.5, 0.6) is 0 Å². The number of rotatable bonds is 4. The van der Waals surface area contributed by atoms with Crippen LogP contribution in [0.3, 0.4) is 0 Å². The van der Waals surface area contributed by atoms with E-state index in [1.54, 1.807) is 0 Å². The molecule has 0 saturated carbocycles. The molecule has 1 atom stereocenters. The zero-order valence-corrected chi connectivity index (χ0v) is 33.4. The van der Waals surface area contributed by atoms with Gasteiger partial charge in [-0.3, -0.25) is 0 Å². The molecule has 2 nitrogen and oxygen atoms in total. The van der Waals surface area contributed by atoms with Crippen molar-refractivity contribution in [1.29, 1.82) is 0 Å². The van der Waals surface area contributed by atoms with Gasteiger partial charge in [0.2, 0.25) is 0 Å². The average Bonchev–Trinajstić information content (AvgIpc) is 3.99. The van der Waals surface area contributed by atoms with Gasteiger partial charge in [0, 0.05) is 38.8 Å². The summed E-state index contributed by atoms with van der Waals surface area (Å²) >= 11 is 0. The summed E-state index contributed by atoms with van der Waals surface area (Å²) < 4.78 is 6.78. The average molecular weight is 766 g/mol. The molecule has 0 fully saturated rings. The van der Waals surface area contributed by atoms with Crippen LogP contribution < -0.4 is 4.90 Å². The number of anilines is 3. The maximum absolute atomic E-state index is 6.78. The zero-order chi connectivity index (χ0) is 39.7. The number of furan rings is 1. The van der Waals surface area contributed by atoms with Gasteiger partial charge in [0.15, 0.2) is 0 Å². The second kappa shape index (κ2) is 12.1. The predicted molar refractivity (Wildman–Crippen MR) is 248 cm³/mol. The molecule has 0 radical (unpaired) electrons. The van der Waals surface area contributed by atoms with E-state index in [1.165, 1.54) is 77.9 Å². The number of fused-ring (bicyclic) bond motifs is 17. The summed E-state index contributed by atoms with van der Waals surface area (Å²) in [4.78, 5) is 2.36. The van der Waals surface area contributed by atoms with Gasteiger partial charge in [-0.1, -0.05) is 159 Å². The Bertz CT molecular complexity index is 3370. The third-order valence-electron chi connectivity index (χ3n) is 13.9. The van der Waals surface area contributed by atoms with Crippen LogP contribution in [0.4, 0.5) is 17.1 Å². The van der Waals surface area contributed by atoms with Crippen LogP contribution in [-0.4, -0.2) is 0 Å². The van der Waals surface area contributed by atoms with E-state index in [0.29, 0.717) is 0 Å². The molecular formula is C58H39NO. The molecule has 3 aliphatic rings. The molecule has 13 rings (SSSR count). The first-order chi connectivity index (χ1) is 29.5. The van der Waals surface area contributed by atoms with E-state index in [0.717, 1.165) is 39.0 Å². The van der Waals surface area contributed by atoms with Crippen LogP contribution in [-0.2, 0) is 10.8 Å². The standard InChI is InChI=1S/C58H39NO/c1-57(2)51-33-36(25-28-42(51)43-30-27-40(35-52(43)57)59(38-15-5-3-6-16-38)39-17-7-4-8-18-39)37-26-29-44-41-19-9-12-22-48(41)58(53(44)34-37)49-23-13-10-21-47(49)55-50(58)32-31-46-45-20-11-14-24-54(45)60-56(46)55/h3-35H,1-2H3. The normalized spacial score (nSPS) is 16.0. The van der Waals surface area contributed by atoms with Gasteiger partial charge in [0.05, 0.1) is 5.41 Å². The van der Waals surface area contributed by atoms with Crippen LogP contribution in [0.1, 0.15) is 47.2 Å². The molecule has 1 unspecified atom stereocenters. The Hall–Kier alpha value is -7.42. The fourth-order valence-electron chi connectivity index (χ4n) is 11.2. The second-order valence-corrected chi connectivity index (χ2v) is 17.2. The smallest absolute Gasteiger partial charge is 0.143 e. The maximum Gasteiger partial charge on any atom is 0.143 e. The molecule has 0 N–H and O–H groups in total. The summed E-state index contributed by atoms with van der Waals surface area (Å²) in [7, 11) is 0. The molecule has 282 valence electrons. The molecule has 1 aromatic heterocycles. The van der Waals surface area contributed by atoms with Gasteiger partial charge in [-0.2, -0.15) is 0 Å². The summed E-state index contributed by atoms with van der Waals surface area (Å²) in [5, 5.41) is 2.32. The van der Waals surface area contributed by atoms with E-state index >= 15 is 0 Å². The molecule has 0 saturated heterocycles. The lowest BCUT2D eigenvalue weighted by molar-refractivity contribution is 0.660. The highest BCUT2D eigenvalue weighted by Gasteiger charge is 2.52. The molecule has 60 heavy (non-hydrogen) atoms. The Kier molecular flexibility index (Phi) is 6.74. The van der Waals surface area contributed by atoms with E-state index in [4.69, 9.17) is 4.42 Å². The number of para-hydroxylation sites is 3. The van der Waals surface area contributed by atoms with E-state index < -0.39 is 5.41 Å². The zero-order valence-electron chi connectivity index (χ0n) is 33.4. The monoisotopic (exact) mass is 765 g/mol. The molecule has 3 aliphatic carbocycles. The largest absolute Gasteiger partial charge is 0.455 e. The summed E-state index contributed by atoms with van der Waals surface area (Å²) in [6.45, 7) is 4.78. The topological polar surface area (TPSA) is 16.4 Å². The van der Waals surface area contributed by atoms with Crippen molar-refractivity contribution in [3.63, 3.8) is 0 Å². The summed E-state index contributed by atoms with van der Waals surface area (Å²) in [6, 6.07) is 74.0. The van der Waals surface area contributed by atoms with Crippen molar-refractivity contribution in [2.24, 2.45) is 0 Å². The van der Waals surface area contributed by atoms with Crippen molar-refractivity contribution in [3.05, 3.63) is 234 Å². The fraction of sp³-hybridized carbons (Fsp3) is 0.0690. The molecule has 10 aromatic rings. The van der Waals surface area contributed by atoms with Crippen LogP contribution in [0.2, 0.25) is 0 Å². The lowest BCUT2D eigenvalue weighted by Crippen LogP contribution is -2.25. The van der Waals surface area contributed by atoms with Crippen molar-refractivity contribution in [1.82, 2.24) is 0 Å². The van der Waals surface area contributed by atoms with Gasteiger partial charge in [0.1, 0.15) is 11.2 Å². The minimum Gasteiger partial charge on any atom is -0.455 e. The van der Waals surface area contributed by atoms with Gasteiger partial charge in [-0.05, 0) is 127 Å². The highest BCUT2D eigenvalue weighted by atomic mass is 16.3. The SMILES string of the molecule is CC1(C)c2cc(-c3ccc4c(c3)C3(c5ccccc5-4)c4ccccc4-c4c3ccc3c4oc4ccccc43)ccc2-c2ccc(N(c3ccccc3)c3ccccc3)cc21. The Labute approximate surface area is 349 Å². The van der Waals surface area contributed by atoms with Gasteiger partial charge in [-0.25, -0.2) is 0 Å². The van der Waals surface area contributed by atoms with E-state index in [2.05, 4.69) is 219 Å². The predicted octanol–water partition coefficient (Wildman–Crippen LogP) is 15.4. The summed E-state index contributed by atoms with van der Waals surface area (Å²) in [5.41, 5.74) is 22.8. The highest BCUT2D eigenvalue weighted by molar-refractivity contribution is 6.13. The minimum atomic E-state index is -0.479. The first kappa shape index (κ1) is 33.5. The summed E-state index contributed by atoms with van der Waals surface area (Å²) in [5.74, 6) is 0. The van der Waals surface area contributed by atoms with Crippen molar-refractivity contribution in [2.45, 2.75) is 24.7 Å². The van der Waals surface area contributed by atoms with Crippen LogP contribution >= 0.6 is 0 Å².